The van der Waals surface area contributed by atoms with E-state index < -0.39 is 0 Å². The zero-order valence-electron chi connectivity index (χ0n) is 10.2. The Hall–Kier alpha value is -1.10. The molecule has 0 bridgehead atoms. The van der Waals surface area contributed by atoms with E-state index in [4.69, 9.17) is 29.6 Å². The maximum atomic E-state index is 6.15. The molecule has 2 nitrogen and oxygen atoms in total. The van der Waals surface area contributed by atoms with Gasteiger partial charge < -0.3 is 11.1 Å². The molecule has 0 fully saturated rings. The molecular weight excluding hydrogens is 344 g/mol. The second kappa shape index (κ2) is 5.90. The summed E-state index contributed by atoms with van der Waals surface area (Å²) in [5.74, 6) is 0. The quantitative estimate of drug-likeness (QED) is 0.778. The first kappa shape index (κ1) is 14.3. The lowest BCUT2D eigenvalue weighted by molar-refractivity contribution is 1.44. The van der Waals surface area contributed by atoms with Crippen LogP contribution in [0.4, 0.5) is 11.4 Å². The van der Waals surface area contributed by atoms with Crippen molar-refractivity contribution < 1.29 is 0 Å². The summed E-state index contributed by atoms with van der Waals surface area (Å²) in [5, 5.41) is 3.95. The van der Waals surface area contributed by atoms with Gasteiger partial charge in [-0.1, -0.05) is 29.9 Å². The van der Waals surface area contributed by atoms with Gasteiger partial charge in [-0.05, 0) is 58.7 Å². The molecule has 0 aliphatic carbocycles. The van der Waals surface area contributed by atoms with Crippen LogP contribution < -0.4 is 11.1 Å². The van der Waals surface area contributed by atoms with Crippen molar-refractivity contribution in [2.75, 3.05) is 5.32 Å². The van der Waals surface area contributed by atoms with Crippen LogP contribution in [0, 0.1) is 6.92 Å². The lowest BCUT2D eigenvalue weighted by Gasteiger charge is -2.11. The molecule has 0 saturated heterocycles. The molecule has 0 heterocycles. The minimum absolute atomic E-state index is 0.368. The van der Waals surface area contributed by atoms with Gasteiger partial charge in [-0.2, -0.15) is 0 Å². The highest BCUT2D eigenvalue weighted by molar-refractivity contribution is 9.10. The molecular formula is C14H12BrClN2S. The Morgan fingerprint density at radius 2 is 2.00 bits per heavy atom. The van der Waals surface area contributed by atoms with E-state index in [9.17, 15) is 0 Å². The molecule has 2 aromatic rings. The molecule has 0 aromatic heterocycles. The third-order valence-electron chi connectivity index (χ3n) is 2.64. The third kappa shape index (κ3) is 3.47. The number of anilines is 2. The Kier molecular flexibility index (Phi) is 4.45. The predicted octanol–water partition coefficient (Wildman–Crippen LogP) is 4.79. The largest absolute Gasteiger partial charge is 0.389 e. The zero-order chi connectivity index (χ0) is 14.0. The Balaban J connectivity index is 2.31. The molecule has 2 rings (SSSR count). The molecule has 0 amide bonds. The van der Waals surface area contributed by atoms with E-state index in [0.717, 1.165) is 27.0 Å². The lowest BCUT2D eigenvalue weighted by Crippen LogP contribution is -2.10. The van der Waals surface area contributed by atoms with E-state index in [1.165, 1.54) is 0 Å². The minimum atomic E-state index is 0.368. The van der Waals surface area contributed by atoms with Gasteiger partial charge in [0.1, 0.15) is 4.99 Å². The molecule has 19 heavy (non-hydrogen) atoms. The van der Waals surface area contributed by atoms with Gasteiger partial charge in [0.15, 0.2) is 0 Å². The van der Waals surface area contributed by atoms with Crippen molar-refractivity contribution >= 4 is 56.1 Å². The molecule has 2 aromatic carbocycles. The van der Waals surface area contributed by atoms with Crippen LogP contribution in [0.1, 0.15) is 11.1 Å². The molecule has 0 radical (unpaired) electrons. The fourth-order valence-electron chi connectivity index (χ4n) is 1.68. The van der Waals surface area contributed by atoms with Gasteiger partial charge in [-0.15, -0.1) is 0 Å². The summed E-state index contributed by atoms with van der Waals surface area (Å²) < 4.78 is 0.855. The molecule has 0 aliphatic heterocycles. The highest BCUT2D eigenvalue weighted by Crippen LogP contribution is 2.28. The lowest BCUT2D eigenvalue weighted by atomic mass is 10.2. The molecule has 0 aliphatic rings. The number of aryl methyl sites for hydroxylation is 1. The number of thiocarbonyl (C=S) groups is 1. The van der Waals surface area contributed by atoms with Gasteiger partial charge in [0.25, 0.3) is 0 Å². The van der Waals surface area contributed by atoms with Crippen LogP contribution in [0.2, 0.25) is 5.02 Å². The number of nitrogens with two attached hydrogens (primary N) is 1. The van der Waals surface area contributed by atoms with E-state index in [1.807, 2.05) is 43.3 Å². The molecule has 0 spiro atoms. The Morgan fingerprint density at radius 3 is 2.63 bits per heavy atom. The van der Waals surface area contributed by atoms with Crippen molar-refractivity contribution in [1.82, 2.24) is 0 Å². The van der Waals surface area contributed by atoms with Crippen LogP contribution in [0.25, 0.3) is 0 Å². The maximum Gasteiger partial charge on any atom is 0.105 e. The van der Waals surface area contributed by atoms with Crippen molar-refractivity contribution in [3.8, 4) is 0 Å². The first-order valence-electron chi connectivity index (χ1n) is 5.60. The number of nitrogens with one attached hydrogen (secondary N) is 1. The minimum Gasteiger partial charge on any atom is -0.389 e. The van der Waals surface area contributed by atoms with E-state index >= 15 is 0 Å². The summed E-state index contributed by atoms with van der Waals surface area (Å²) in [6, 6.07) is 11.6. The summed E-state index contributed by atoms with van der Waals surface area (Å²) in [7, 11) is 0. The Morgan fingerprint density at radius 1 is 1.26 bits per heavy atom. The molecule has 3 N–H and O–H groups in total. The maximum absolute atomic E-state index is 6.15. The van der Waals surface area contributed by atoms with Crippen molar-refractivity contribution in [2.45, 2.75) is 6.92 Å². The summed E-state index contributed by atoms with van der Waals surface area (Å²) in [5.41, 5.74) is 9.37. The number of halogens is 2. The van der Waals surface area contributed by atoms with Crippen LogP contribution >= 0.6 is 39.7 Å². The van der Waals surface area contributed by atoms with Crippen molar-refractivity contribution in [2.24, 2.45) is 5.73 Å². The fourth-order valence-corrected chi connectivity index (χ4v) is 2.75. The van der Waals surface area contributed by atoms with Gasteiger partial charge in [0, 0.05) is 15.7 Å². The Labute approximate surface area is 131 Å². The standard InChI is InChI=1S/C14H12BrClN2S/c1-8-2-5-12(16)13(6-8)18-9-3-4-10(14(17)19)11(15)7-9/h2-7,18H,1H3,(H2,17,19). The highest BCUT2D eigenvalue weighted by atomic mass is 79.9. The summed E-state index contributed by atoms with van der Waals surface area (Å²) in [6.07, 6.45) is 0. The average Bonchev–Trinajstić information content (AvgIpc) is 2.33. The van der Waals surface area contributed by atoms with E-state index in [1.54, 1.807) is 0 Å². The first-order valence-corrected chi connectivity index (χ1v) is 7.18. The van der Waals surface area contributed by atoms with Crippen molar-refractivity contribution in [3.05, 3.63) is 57.0 Å². The predicted molar refractivity (Wildman–Crippen MR) is 89.5 cm³/mol. The summed E-state index contributed by atoms with van der Waals surface area (Å²) >= 11 is 14.6. The molecule has 98 valence electrons. The number of hydrogen-bond donors (Lipinski definition) is 2. The monoisotopic (exact) mass is 354 g/mol. The molecule has 0 saturated carbocycles. The van der Waals surface area contributed by atoms with Crippen LogP contribution in [-0.4, -0.2) is 4.99 Å². The topological polar surface area (TPSA) is 38.0 Å². The van der Waals surface area contributed by atoms with Gasteiger partial charge in [0.2, 0.25) is 0 Å². The number of rotatable bonds is 3. The average molecular weight is 356 g/mol. The Bertz CT molecular complexity index is 643. The molecule has 0 unspecified atom stereocenters. The van der Waals surface area contributed by atoms with Gasteiger partial charge in [-0.25, -0.2) is 0 Å². The van der Waals surface area contributed by atoms with Crippen LogP contribution in [-0.2, 0) is 0 Å². The molecule has 5 heteroatoms. The summed E-state index contributed by atoms with van der Waals surface area (Å²) in [4.78, 5) is 0.368. The second-order valence-corrected chi connectivity index (χ2v) is 5.87. The van der Waals surface area contributed by atoms with Gasteiger partial charge in [-0.3, -0.25) is 0 Å². The zero-order valence-corrected chi connectivity index (χ0v) is 13.4. The summed E-state index contributed by atoms with van der Waals surface area (Å²) in [6.45, 7) is 2.02. The number of hydrogen-bond acceptors (Lipinski definition) is 2. The van der Waals surface area contributed by atoms with Crippen LogP contribution in [0.3, 0.4) is 0 Å². The van der Waals surface area contributed by atoms with Crippen molar-refractivity contribution in [3.63, 3.8) is 0 Å². The fraction of sp³-hybridized carbons (Fsp3) is 0.0714. The van der Waals surface area contributed by atoms with Gasteiger partial charge in [0.05, 0.1) is 10.7 Å². The highest BCUT2D eigenvalue weighted by Gasteiger charge is 2.06. The molecule has 0 atom stereocenters. The normalized spacial score (nSPS) is 10.3. The number of benzene rings is 2. The van der Waals surface area contributed by atoms with Crippen LogP contribution in [0.5, 0.6) is 0 Å². The van der Waals surface area contributed by atoms with E-state index in [2.05, 4.69) is 21.2 Å². The van der Waals surface area contributed by atoms with Gasteiger partial charge >= 0.3 is 0 Å². The SMILES string of the molecule is Cc1ccc(Cl)c(Nc2ccc(C(N)=S)c(Br)c2)c1. The van der Waals surface area contributed by atoms with E-state index in [-0.39, 0.29) is 0 Å². The van der Waals surface area contributed by atoms with E-state index in [0.29, 0.717) is 10.0 Å². The van der Waals surface area contributed by atoms with Crippen molar-refractivity contribution in [1.29, 1.82) is 0 Å². The first-order chi connectivity index (χ1) is 8.97. The third-order valence-corrected chi connectivity index (χ3v) is 3.84. The smallest absolute Gasteiger partial charge is 0.105 e. The second-order valence-electron chi connectivity index (χ2n) is 4.17. The van der Waals surface area contributed by atoms with Crippen LogP contribution in [0.15, 0.2) is 40.9 Å².